The number of benzene rings is 1. The quantitative estimate of drug-likeness (QED) is 0.453. The Morgan fingerprint density at radius 1 is 1.45 bits per heavy atom. The maximum Gasteiger partial charge on any atom is 0.330 e. The summed E-state index contributed by atoms with van der Waals surface area (Å²) < 4.78 is 10.2. The van der Waals surface area contributed by atoms with E-state index in [0.717, 1.165) is 18.4 Å². The van der Waals surface area contributed by atoms with E-state index in [-0.39, 0.29) is 0 Å². The molecule has 0 unspecified atom stereocenters. The van der Waals surface area contributed by atoms with E-state index in [2.05, 4.69) is 6.07 Å². The molecule has 0 saturated carbocycles. The lowest BCUT2D eigenvalue weighted by atomic mass is 10.0. The fraction of sp³-hybridized carbons (Fsp3) is 0.375. The van der Waals surface area contributed by atoms with Crippen molar-refractivity contribution >= 4 is 12.0 Å². The fourth-order valence-electron chi connectivity index (χ4n) is 1.74. The first-order valence-corrected chi connectivity index (χ1v) is 6.56. The molecular formula is C16H19NO3. The van der Waals surface area contributed by atoms with Crippen LogP contribution in [0, 0.1) is 18.3 Å². The minimum atomic E-state index is -0.393. The number of rotatable bonds is 6. The molecule has 4 nitrogen and oxygen atoms in total. The van der Waals surface area contributed by atoms with Gasteiger partial charge in [0.15, 0.2) is 0 Å². The molecule has 0 amide bonds. The van der Waals surface area contributed by atoms with Gasteiger partial charge >= 0.3 is 5.97 Å². The normalized spacial score (nSPS) is 10.3. The molecule has 0 fully saturated rings. The van der Waals surface area contributed by atoms with Gasteiger partial charge in [0.05, 0.1) is 19.3 Å². The third-order valence-electron chi connectivity index (χ3n) is 2.92. The van der Waals surface area contributed by atoms with E-state index in [4.69, 9.17) is 9.47 Å². The highest BCUT2D eigenvalue weighted by molar-refractivity contribution is 5.87. The van der Waals surface area contributed by atoms with Gasteiger partial charge in [0, 0.05) is 11.6 Å². The smallest absolute Gasteiger partial charge is 0.330 e. The average molecular weight is 273 g/mol. The molecule has 1 aromatic carbocycles. The third kappa shape index (κ3) is 4.13. The fourth-order valence-corrected chi connectivity index (χ4v) is 1.74. The maximum atomic E-state index is 11.5. The zero-order valence-electron chi connectivity index (χ0n) is 12.1. The second kappa shape index (κ2) is 8.00. The summed E-state index contributed by atoms with van der Waals surface area (Å²) in [6.45, 7) is 4.27. The van der Waals surface area contributed by atoms with Crippen LogP contribution < -0.4 is 4.74 Å². The Labute approximate surface area is 119 Å². The summed E-state index contributed by atoms with van der Waals surface area (Å²) in [6, 6.07) is 5.66. The van der Waals surface area contributed by atoms with Gasteiger partial charge in [-0.25, -0.2) is 4.79 Å². The summed E-state index contributed by atoms with van der Waals surface area (Å²) in [6.07, 6.45) is 4.77. The Balaban J connectivity index is 2.85. The number of ether oxygens (including phenoxy) is 2. The minimum absolute atomic E-state index is 0.393. The molecule has 0 aliphatic heterocycles. The van der Waals surface area contributed by atoms with Crippen molar-refractivity contribution in [3.05, 3.63) is 34.9 Å². The topological polar surface area (TPSA) is 59.3 Å². The summed E-state index contributed by atoms with van der Waals surface area (Å²) >= 11 is 0. The van der Waals surface area contributed by atoms with Crippen molar-refractivity contribution in [3.63, 3.8) is 0 Å². The summed E-state index contributed by atoms with van der Waals surface area (Å²) in [5.74, 6) is 0.264. The number of methoxy groups -OCH3 is 1. The van der Waals surface area contributed by atoms with Crippen LogP contribution in [0.2, 0.25) is 0 Å². The lowest BCUT2D eigenvalue weighted by Gasteiger charge is -2.08. The average Bonchev–Trinajstić information content (AvgIpc) is 2.45. The third-order valence-corrected chi connectivity index (χ3v) is 2.92. The van der Waals surface area contributed by atoms with Gasteiger partial charge in [-0.2, -0.15) is 5.26 Å². The van der Waals surface area contributed by atoms with Gasteiger partial charge in [-0.05, 0) is 37.1 Å². The van der Waals surface area contributed by atoms with Crippen molar-refractivity contribution in [2.75, 3.05) is 13.7 Å². The van der Waals surface area contributed by atoms with Gasteiger partial charge in [0.1, 0.15) is 11.8 Å². The summed E-state index contributed by atoms with van der Waals surface area (Å²) in [5, 5.41) is 9.20. The van der Waals surface area contributed by atoms with Crippen molar-refractivity contribution in [1.82, 2.24) is 0 Å². The maximum absolute atomic E-state index is 11.5. The van der Waals surface area contributed by atoms with E-state index >= 15 is 0 Å². The Morgan fingerprint density at radius 3 is 2.80 bits per heavy atom. The SMILES string of the molecule is CCCCOC(=O)/C=C/c1ccc(OC)c(C)c1C#N. The van der Waals surface area contributed by atoms with Gasteiger partial charge in [0.25, 0.3) is 0 Å². The van der Waals surface area contributed by atoms with Crippen LogP contribution in [0.15, 0.2) is 18.2 Å². The Morgan fingerprint density at radius 2 is 2.20 bits per heavy atom. The largest absolute Gasteiger partial charge is 0.496 e. The molecule has 0 N–H and O–H groups in total. The van der Waals surface area contributed by atoms with Crippen LogP contribution in [0.25, 0.3) is 6.08 Å². The van der Waals surface area contributed by atoms with E-state index in [0.29, 0.717) is 23.5 Å². The van der Waals surface area contributed by atoms with Crippen LogP contribution in [0.1, 0.15) is 36.5 Å². The Hall–Kier alpha value is -2.28. The van der Waals surface area contributed by atoms with Crippen molar-refractivity contribution in [3.8, 4) is 11.8 Å². The molecule has 0 heterocycles. The highest BCUT2D eigenvalue weighted by Gasteiger charge is 2.08. The van der Waals surface area contributed by atoms with Crippen LogP contribution >= 0.6 is 0 Å². The van der Waals surface area contributed by atoms with Gasteiger partial charge < -0.3 is 9.47 Å². The second-order valence-corrected chi connectivity index (χ2v) is 4.32. The summed E-state index contributed by atoms with van der Waals surface area (Å²) in [4.78, 5) is 11.5. The number of nitrogens with zero attached hydrogens (tertiary/aromatic N) is 1. The zero-order chi connectivity index (χ0) is 15.0. The number of carbonyl (C=O) groups excluding carboxylic acids is 1. The first-order chi connectivity index (χ1) is 9.63. The molecule has 0 spiro atoms. The monoisotopic (exact) mass is 273 g/mol. The highest BCUT2D eigenvalue weighted by atomic mass is 16.5. The molecule has 0 saturated heterocycles. The van der Waals surface area contributed by atoms with Crippen molar-refractivity contribution < 1.29 is 14.3 Å². The van der Waals surface area contributed by atoms with Crippen molar-refractivity contribution in [2.24, 2.45) is 0 Å². The molecule has 1 aromatic rings. The predicted molar refractivity (Wildman–Crippen MR) is 77.3 cm³/mol. The molecule has 0 radical (unpaired) electrons. The van der Waals surface area contributed by atoms with Gasteiger partial charge in [-0.15, -0.1) is 0 Å². The van der Waals surface area contributed by atoms with Crippen molar-refractivity contribution in [2.45, 2.75) is 26.7 Å². The van der Waals surface area contributed by atoms with Gasteiger partial charge in [0.2, 0.25) is 0 Å². The molecule has 106 valence electrons. The standard InChI is InChI=1S/C16H19NO3/c1-4-5-10-20-16(18)9-7-13-6-8-15(19-3)12(2)14(13)11-17/h6-9H,4-5,10H2,1-3H3/b9-7+. The van der Waals surface area contributed by atoms with Gasteiger partial charge in [-0.3, -0.25) is 0 Å². The number of hydrogen-bond donors (Lipinski definition) is 0. The Bertz CT molecular complexity index is 541. The zero-order valence-corrected chi connectivity index (χ0v) is 12.1. The molecule has 0 aliphatic rings. The number of hydrogen-bond acceptors (Lipinski definition) is 4. The number of esters is 1. The molecule has 20 heavy (non-hydrogen) atoms. The van der Waals surface area contributed by atoms with Crippen molar-refractivity contribution in [1.29, 1.82) is 5.26 Å². The van der Waals surface area contributed by atoms with Gasteiger partial charge in [-0.1, -0.05) is 13.3 Å². The lowest BCUT2D eigenvalue weighted by Crippen LogP contribution is -2.02. The van der Waals surface area contributed by atoms with E-state index in [1.165, 1.54) is 6.08 Å². The Kier molecular flexibility index (Phi) is 6.31. The summed E-state index contributed by atoms with van der Waals surface area (Å²) in [7, 11) is 1.56. The molecule has 4 heteroatoms. The van der Waals surface area contributed by atoms with Crippen LogP contribution in [-0.4, -0.2) is 19.7 Å². The van der Waals surface area contributed by atoms with Crippen LogP contribution in [0.3, 0.4) is 0 Å². The highest BCUT2D eigenvalue weighted by Crippen LogP contribution is 2.24. The second-order valence-electron chi connectivity index (χ2n) is 4.32. The first-order valence-electron chi connectivity index (χ1n) is 6.56. The lowest BCUT2D eigenvalue weighted by molar-refractivity contribution is -0.137. The molecular weight excluding hydrogens is 254 g/mol. The molecule has 0 bridgehead atoms. The van der Waals surface area contributed by atoms with E-state index in [1.54, 1.807) is 25.3 Å². The minimum Gasteiger partial charge on any atom is -0.496 e. The van der Waals surface area contributed by atoms with Crippen LogP contribution in [-0.2, 0) is 9.53 Å². The van der Waals surface area contributed by atoms with Crippen LogP contribution in [0.5, 0.6) is 5.75 Å². The van der Waals surface area contributed by atoms with E-state index < -0.39 is 5.97 Å². The molecule has 0 aromatic heterocycles. The first kappa shape index (κ1) is 15.8. The van der Waals surface area contributed by atoms with E-state index in [1.807, 2.05) is 13.8 Å². The molecule has 0 aliphatic carbocycles. The van der Waals surface area contributed by atoms with E-state index in [9.17, 15) is 10.1 Å². The number of unbranched alkanes of at least 4 members (excludes halogenated alkanes) is 1. The summed E-state index contributed by atoms with van der Waals surface area (Å²) in [5.41, 5.74) is 1.94. The predicted octanol–water partition coefficient (Wildman–Crippen LogP) is 3.23. The molecule has 0 atom stereocenters. The molecule has 1 rings (SSSR count). The van der Waals surface area contributed by atoms with Crippen LogP contribution in [0.4, 0.5) is 0 Å². The number of nitriles is 1. The number of carbonyl (C=O) groups is 1.